The van der Waals surface area contributed by atoms with Crippen LogP contribution in [0.2, 0.25) is 0 Å². The Hall–Kier alpha value is -1.94. The quantitative estimate of drug-likeness (QED) is 0.634. The molecular weight excluding hydrogens is 315 g/mol. The smallest absolute Gasteiger partial charge is 0.307 e. The van der Waals surface area contributed by atoms with E-state index in [2.05, 4.69) is 10.4 Å². The van der Waals surface area contributed by atoms with E-state index < -0.39 is 14.0 Å². The topological polar surface area (TPSA) is 95.5 Å². The van der Waals surface area contributed by atoms with Gasteiger partial charge < -0.3 is 15.5 Å². The molecule has 1 atom stereocenters. The number of hydrogen-bond acceptors (Lipinski definition) is 3. The van der Waals surface area contributed by atoms with Crippen molar-refractivity contribution >= 4 is 31.5 Å². The Bertz CT molecular complexity index is 575. The molecule has 3 N–H and O–H groups in total. The molecule has 0 radical (unpaired) electrons. The van der Waals surface area contributed by atoms with Crippen LogP contribution in [0.5, 0.6) is 0 Å². The number of carboxylic acid groups (broad SMARTS) is 1. The maximum absolute atomic E-state index is 12.0. The highest BCUT2D eigenvalue weighted by Gasteiger charge is 2.13. The summed E-state index contributed by atoms with van der Waals surface area (Å²) in [5.74, 6) is -0.872. The monoisotopic (exact) mass is 338 g/mol. The normalized spacial score (nSPS) is 11.8. The van der Waals surface area contributed by atoms with E-state index in [-0.39, 0.29) is 30.3 Å². The average molecular weight is 338 g/mol. The van der Waals surface area contributed by atoms with Gasteiger partial charge in [-0.15, -0.1) is 0 Å². The van der Waals surface area contributed by atoms with E-state index in [1.807, 2.05) is 20.5 Å². The maximum Gasteiger partial charge on any atom is 0.307 e. The minimum Gasteiger partial charge on any atom is -0.481 e. The molecule has 126 valence electrons. The number of rotatable bonds is 8. The number of anilines is 1. The van der Waals surface area contributed by atoms with Crippen LogP contribution in [0.1, 0.15) is 25.8 Å². The molecule has 23 heavy (non-hydrogen) atoms. The van der Waals surface area contributed by atoms with Gasteiger partial charge in [-0.1, -0.05) is 26.0 Å². The number of carboxylic acids is 1. The Kier molecular flexibility index (Phi) is 7.69. The van der Waals surface area contributed by atoms with Crippen molar-refractivity contribution in [3.63, 3.8) is 0 Å². The van der Waals surface area contributed by atoms with Crippen molar-refractivity contribution < 1.29 is 19.5 Å². The summed E-state index contributed by atoms with van der Waals surface area (Å²) in [4.78, 5) is 34.4. The van der Waals surface area contributed by atoms with Crippen LogP contribution in [0.3, 0.4) is 0 Å². The number of carbonyl (C=O) groups excluding carboxylic acids is 2. The standard InChI is InChI=1S/C16H23N2O4P/c1-11(2)7-14(19)18-23(3)10-15(20)17-13-6-4-5-12(8-13)9-16(21)22/h4-6,8,11H,7,9-10H2,1-3H3,(H,17,20)(H,18,19)(H,21,22). The highest BCUT2D eigenvalue weighted by molar-refractivity contribution is 7.56. The predicted molar refractivity (Wildman–Crippen MR) is 91.7 cm³/mol. The van der Waals surface area contributed by atoms with Gasteiger partial charge >= 0.3 is 5.97 Å². The summed E-state index contributed by atoms with van der Waals surface area (Å²) in [7, 11) is -0.913. The highest BCUT2D eigenvalue weighted by Crippen LogP contribution is 2.25. The maximum atomic E-state index is 12.0. The van der Waals surface area contributed by atoms with Gasteiger partial charge in [-0.2, -0.15) is 0 Å². The van der Waals surface area contributed by atoms with Gasteiger partial charge in [0.05, 0.1) is 12.6 Å². The third kappa shape index (κ3) is 8.31. The van der Waals surface area contributed by atoms with Gasteiger partial charge in [-0.3, -0.25) is 14.4 Å². The van der Waals surface area contributed by atoms with Gasteiger partial charge in [0.2, 0.25) is 11.8 Å². The van der Waals surface area contributed by atoms with Gasteiger partial charge in [0, 0.05) is 12.1 Å². The van der Waals surface area contributed by atoms with Crippen LogP contribution >= 0.6 is 8.07 Å². The summed E-state index contributed by atoms with van der Waals surface area (Å²) in [6.07, 6.45) is 0.587. The fraction of sp³-hybridized carbons (Fsp3) is 0.438. The minimum absolute atomic E-state index is 0.0372. The highest BCUT2D eigenvalue weighted by atomic mass is 31.1. The van der Waals surface area contributed by atoms with Crippen LogP contribution in [-0.2, 0) is 20.8 Å². The van der Waals surface area contributed by atoms with E-state index in [1.54, 1.807) is 24.3 Å². The summed E-state index contributed by atoms with van der Waals surface area (Å²) in [5.41, 5.74) is 1.19. The van der Waals surface area contributed by atoms with E-state index in [9.17, 15) is 14.4 Å². The van der Waals surface area contributed by atoms with Crippen LogP contribution < -0.4 is 10.4 Å². The summed E-state index contributed by atoms with van der Waals surface area (Å²) >= 11 is 0. The molecule has 0 aliphatic heterocycles. The van der Waals surface area contributed by atoms with Crippen molar-refractivity contribution in [3.05, 3.63) is 29.8 Å². The van der Waals surface area contributed by atoms with Gasteiger partial charge in [0.15, 0.2) is 0 Å². The second-order valence-electron chi connectivity index (χ2n) is 5.81. The van der Waals surface area contributed by atoms with Gasteiger partial charge in [-0.25, -0.2) is 0 Å². The zero-order valence-corrected chi connectivity index (χ0v) is 14.5. The van der Waals surface area contributed by atoms with E-state index in [4.69, 9.17) is 5.11 Å². The first-order valence-corrected chi connectivity index (χ1v) is 9.35. The molecule has 0 aromatic heterocycles. The van der Waals surface area contributed by atoms with E-state index >= 15 is 0 Å². The minimum atomic E-state index is -0.918. The van der Waals surface area contributed by atoms with Gasteiger partial charge in [0.1, 0.15) is 0 Å². The fourth-order valence-corrected chi connectivity index (χ4v) is 3.12. The lowest BCUT2D eigenvalue weighted by Crippen LogP contribution is -2.24. The Morgan fingerprint density at radius 1 is 1.22 bits per heavy atom. The molecule has 7 heteroatoms. The lowest BCUT2D eigenvalue weighted by atomic mass is 10.1. The van der Waals surface area contributed by atoms with Gasteiger partial charge in [-0.05, 0) is 38.4 Å². The molecule has 0 spiro atoms. The summed E-state index contributed by atoms with van der Waals surface area (Å²) in [5, 5.41) is 14.4. The molecule has 0 fully saturated rings. The van der Waals surface area contributed by atoms with E-state index in [1.165, 1.54) is 0 Å². The lowest BCUT2D eigenvalue weighted by Gasteiger charge is -2.15. The van der Waals surface area contributed by atoms with Crippen LogP contribution in [0, 0.1) is 5.92 Å². The molecule has 0 aliphatic carbocycles. The fourth-order valence-electron chi connectivity index (χ4n) is 2.02. The zero-order chi connectivity index (χ0) is 17.4. The second kappa shape index (κ2) is 9.26. The molecule has 0 saturated heterocycles. The number of aliphatic carboxylic acids is 1. The molecule has 0 heterocycles. The molecule has 6 nitrogen and oxygen atoms in total. The molecule has 1 aromatic rings. The van der Waals surface area contributed by atoms with Crippen molar-refractivity contribution in [3.8, 4) is 0 Å². The molecule has 0 aliphatic rings. The first-order valence-electron chi connectivity index (χ1n) is 7.37. The number of nitrogens with one attached hydrogen (secondary N) is 2. The van der Waals surface area contributed by atoms with Crippen molar-refractivity contribution in [2.75, 3.05) is 18.1 Å². The SMILES string of the molecule is CC(C)CC(=O)NP(C)CC(=O)Nc1cccc(CC(=O)O)c1. The first kappa shape index (κ1) is 19.1. The summed E-state index contributed by atoms with van der Waals surface area (Å²) in [6.45, 7) is 5.77. The van der Waals surface area contributed by atoms with Crippen molar-refractivity contribution in [1.82, 2.24) is 5.09 Å². The molecule has 2 amide bonds. The van der Waals surface area contributed by atoms with Gasteiger partial charge in [0.25, 0.3) is 0 Å². The third-order valence-corrected chi connectivity index (χ3v) is 4.25. The molecule has 1 aromatic carbocycles. The van der Waals surface area contributed by atoms with Crippen molar-refractivity contribution in [2.24, 2.45) is 5.92 Å². The second-order valence-corrected chi connectivity index (χ2v) is 7.74. The number of hydrogen-bond donors (Lipinski definition) is 3. The van der Waals surface area contributed by atoms with Crippen molar-refractivity contribution in [1.29, 1.82) is 0 Å². The molecule has 0 saturated carbocycles. The van der Waals surface area contributed by atoms with Crippen LogP contribution in [0.4, 0.5) is 5.69 Å². The zero-order valence-electron chi connectivity index (χ0n) is 13.6. The van der Waals surface area contributed by atoms with Crippen LogP contribution in [0.15, 0.2) is 24.3 Å². The summed E-state index contributed by atoms with van der Waals surface area (Å²) in [6, 6.07) is 6.75. The van der Waals surface area contributed by atoms with Crippen molar-refractivity contribution in [2.45, 2.75) is 26.7 Å². The Labute approximate surface area is 137 Å². The first-order chi connectivity index (χ1) is 10.8. The lowest BCUT2D eigenvalue weighted by molar-refractivity contribution is -0.136. The number of benzene rings is 1. The number of amides is 2. The molecular formula is C16H23N2O4P. The van der Waals surface area contributed by atoms with Crippen LogP contribution in [-0.4, -0.2) is 35.7 Å². The summed E-state index contributed by atoms with van der Waals surface area (Å²) < 4.78 is 0. The molecule has 1 rings (SSSR count). The predicted octanol–water partition coefficient (Wildman–Crippen LogP) is 2.44. The Morgan fingerprint density at radius 3 is 2.52 bits per heavy atom. The van der Waals surface area contributed by atoms with E-state index in [0.29, 0.717) is 17.7 Å². The van der Waals surface area contributed by atoms with E-state index in [0.717, 1.165) is 0 Å². The van der Waals surface area contributed by atoms with Crippen LogP contribution in [0.25, 0.3) is 0 Å². The molecule has 1 unspecified atom stereocenters. The Balaban J connectivity index is 2.50. The average Bonchev–Trinajstić information content (AvgIpc) is 2.36. The Morgan fingerprint density at radius 2 is 1.91 bits per heavy atom. The molecule has 0 bridgehead atoms. The number of carbonyl (C=O) groups is 3. The largest absolute Gasteiger partial charge is 0.481 e. The third-order valence-electron chi connectivity index (χ3n) is 2.86.